The average Bonchev–Trinajstić information content (AvgIpc) is 2.62. The number of rotatable bonds is 4. The first-order chi connectivity index (χ1) is 11.6. The average molecular weight is 329 g/mol. The first-order valence-corrected chi connectivity index (χ1v) is 9.44. The highest BCUT2D eigenvalue weighted by Crippen LogP contribution is 2.22. The zero-order valence-corrected chi connectivity index (χ0v) is 15.2. The van der Waals surface area contributed by atoms with Gasteiger partial charge in [0.1, 0.15) is 0 Å². The number of piperidine rings is 1. The topological polar surface area (TPSA) is 26.8 Å². The van der Waals surface area contributed by atoms with Crippen molar-refractivity contribution < 1.29 is 4.79 Å². The Hall–Kier alpha value is -1.55. The van der Waals surface area contributed by atoms with Crippen molar-refractivity contribution in [3.05, 3.63) is 30.3 Å². The molecule has 3 rings (SSSR count). The summed E-state index contributed by atoms with van der Waals surface area (Å²) in [7, 11) is 0. The van der Waals surface area contributed by atoms with E-state index in [1.54, 1.807) is 0 Å². The van der Waals surface area contributed by atoms with E-state index in [1.165, 1.54) is 5.69 Å². The lowest BCUT2D eigenvalue weighted by Gasteiger charge is -2.39. The molecule has 0 unspecified atom stereocenters. The molecule has 4 heteroatoms. The van der Waals surface area contributed by atoms with Gasteiger partial charge in [-0.05, 0) is 44.0 Å². The van der Waals surface area contributed by atoms with Gasteiger partial charge in [0.05, 0.1) is 0 Å². The van der Waals surface area contributed by atoms with Crippen LogP contribution in [0, 0.1) is 11.8 Å². The minimum atomic E-state index is 0.247. The van der Waals surface area contributed by atoms with Crippen LogP contribution in [0.1, 0.15) is 26.7 Å². The number of anilines is 1. The van der Waals surface area contributed by atoms with Crippen LogP contribution in [-0.2, 0) is 4.79 Å². The second-order valence-corrected chi connectivity index (χ2v) is 7.62. The van der Waals surface area contributed by atoms with Gasteiger partial charge in [0.25, 0.3) is 0 Å². The molecule has 0 N–H and O–H groups in total. The van der Waals surface area contributed by atoms with Gasteiger partial charge in [-0.3, -0.25) is 4.79 Å². The summed E-state index contributed by atoms with van der Waals surface area (Å²) in [6, 6.07) is 10.5. The first kappa shape index (κ1) is 17.3. The molecule has 0 saturated carbocycles. The summed E-state index contributed by atoms with van der Waals surface area (Å²) in [5, 5.41) is 0. The molecule has 2 aliphatic heterocycles. The number of nitrogens with zero attached hydrogens (tertiary/aromatic N) is 3. The highest BCUT2D eigenvalue weighted by molar-refractivity contribution is 5.79. The molecule has 2 aliphatic rings. The van der Waals surface area contributed by atoms with Crippen molar-refractivity contribution in [1.29, 1.82) is 0 Å². The summed E-state index contributed by atoms with van der Waals surface area (Å²) < 4.78 is 0. The van der Waals surface area contributed by atoms with Gasteiger partial charge in [0.15, 0.2) is 0 Å². The quantitative estimate of drug-likeness (QED) is 0.850. The Balaban J connectivity index is 1.46. The fraction of sp³-hybridized carbons (Fsp3) is 0.650. The Morgan fingerprint density at radius 3 is 2.21 bits per heavy atom. The molecule has 4 nitrogen and oxygen atoms in total. The molecule has 1 amide bonds. The van der Waals surface area contributed by atoms with Crippen molar-refractivity contribution in [3.63, 3.8) is 0 Å². The van der Waals surface area contributed by atoms with Crippen LogP contribution in [0.3, 0.4) is 0 Å². The van der Waals surface area contributed by atoms with E-state index >= 15 is 0 Å². The maximum absolute atomic E-state index is 12.8. The summed E-state index contributed by atoms with van der Waals surface area (Å²) >= 11 is 0. The van der Waals surface area contributed by atoms with Gasteiger partial charge >= 0.3 is 0 Å². The fourth-order valence-electron chi connectivity index (χ4n) is 3.96. The molecule has 0 aliphatic carbocycles. The number of carbonyl (C=O) groups is 1. The molecule has 2 fully saturated rings. The predicted molar refractivity (Wildman–Crippen MR) is 99.2 cm³/mol. The minimum Gasteiger partial charge on any atom is -0.368 e. The standard InChI is InChI=1S/C20H31N3O/c1-17(2)16-21-10-8-18(9-11-21)20(24)23-14-12-22(13-15-23)19-6-4-3-5-7-19/h3-7,17-18H,8-16H2,1-2H3. The number of benzene rings is 1. The van der Waals surface area contributed by atoms with E-state index in [4.69, 9.17) is 0 Å². The van der Waals surface area contributed by atoms with Crippen molar-refractivity contribution in [2.75, 3.05) is 50.7 Å². The molecule has 0 aromatic heterocycles. The molecule has 24 heavy (non-hydrogen) atoms. The van der Waals surface area contributed by atoms with Gasteiger partial charge in [0.2, 0.25) is 5.91 Å². The van der Waals surface area contributed by atoms with Crippen LogP contribution in [0.5, 0.6) is 0 Å². The van der Waals surface area contributed by atoms with E-state index in [0.29, 0.717) is 11.8 Å². The third-order valence-electron chi connectivity index (χ3n) is 5.27. The number of likely N-dealkylation sites (tertiary alicyclic amines) is 1. The maximum atomic E-state index is 12.8. The maximum Gasteiger partial charge on any atom is 0.225 e. The Labute approximate surface area is 146 Å². The van der Waals surface area contributed by atoms with Crippen molar-refractivity contribution >= 4 is 11.6 Å². The zero-order valence-electron chi connectivity index (χ0n) is 15.2. The van der Waals surface area contributed by atoms with E-state index in [2.05, 4.69) is 58.9 Å². The Kier molecular flexibility index (Phi) is 5.77. The van der Waals surface area contributed by atoms with Gasteiger partial charge in [-0.1, -0.05) is 32.0 Å². The van der Waals surface area contributed by atoms with Gasteiger partial charge in [0, 0.05) is 44.3 Å². The summed E-state index contributed by atoms with van der Waals surface area (Å²) in [6.07, 6.45) is 2.06. The van der Waals surface area contributed by atoms with Crippen molar-refractivity contribution in [2.24, 2.45) is 11.8 Å². The van der Waals surface area contributed by atoms with E-state index in [-0.39, 0.29) is 5.92 Å². The van der Waals surface area contributed by atoms with Crippen LogP contribution in [0.4, 0.5) is 5.69 Å². The smallest absolute Gasteiger partial charge is 0.225 e. The van der Waals surface area contributed by atoms with Crippen LogP contribution in [-0.4, -0.2) is 61.5 Å². The van der Waals surface area contributed by atoms with Crippen LogP contribution in [0.15, 0.2) is 30.3 Å². The fourth-order valence-corrected chi connectivity index (χ4v) is 3.96. The van der Waals surface area contributed by atoms with Gasteiger partial charge in [-0.15, -0.1) is 0 Å². The van der Waals surface area contributed by atoms with Crippen molar-refractivity contribution in [1.82, 2.24) is 9.80 Å². The third-order valence-corrected chi connectivity index (χ3v) is 5.27. The summed E-state index contributed by atoms with van der Waals surface area (Å²) in [4.78, 5) is 19.8. The summed E-state index contributed by atoms with van der Waals surface area (Å²) in [6.45, 7) is 11.5. The Morgan fingerprint density at radius 1 is 1.00 bits per heavy atom. The highest BCUT2D eigenvalue weighted by atomic mass is 16.2. The second kappa shape index (κ2) is 8.02. The number of hydrogen-bond donors (Lipinski definition) is 0. The van der Waals surface area contributed by atoms with E-state index in [9.17, 15) is 4.79 Å². The molecule has 0 radical (unpaired) electrons. The van der Waals surface area contributed by atoms with Crippen LogP contribution in [0.25, 0.3) is 0 Å². The highest BCUT2D eigenvalue weighted by Gasteiger charge is 2.30. The first-order valence-electron chi connectivity index (χ1n) is 9.44. The number of hydrogen-bond acceptors (Lipinski definition) is 3. The van der Waals surface area contributed by atoms with Crippen LogP contribution in [0.2, 0.25) is 0 Å². The van der Waals surface area contributed by atoms with E-state index in [1.807, 2.05) is 0 Å². The van der Waals surface area contributed by atoms with Crippen molar-refractivity contribution in [3.8, 4) is 0 Å². The lowest BCUT2D eigenvalue weighted by atomic mass is 9.94. The lowest BCUT2D eigenvalue weighted by Crippen LogP contribution is -2.51. The van der Waals surface area contributed by atoms with E-state index < -0.39 is 0 Å². The largest absolute Gasteiger partial charge is 0.368 e. The molecular formula is C20H31N3O. The Morgan fingerprint density at radius 2 is 1.62 bits per heavy atom. The zero-order chi connectivity index (χ0) is 16.9. The molecule has 1 aromatic carbocycles. The third kappa shape index (κ3) is 4.29. The van der Waals surface area contributed by atoms with Crippen molar-refractivity contribution in [2.45, 2.75) is 26.7 Å². The van der Waals surface area contributed by atoms with E-state index in [0.717, 1.165) is 58.7 Å². The second-order valence-electron chi connectivity index (χ2n) is 7.62. The molecule has 0 atom stereocenters. The molecule has 0 bridgehead atoms. The summed E-state index contributed by atoms with van der Waals surface area (Å²) in [5.74, 6) is 1.35. The van der Waals surface area contributed by atoms with Gasteiger partial charge in [-0.2, -0.15) is 0 Å². The van der Waals surface area contributed by atoms with Gasteiger partial charge in [-0.25, -0.2) is 0 Å². The monoisotopic (exact) mass is 329 g/mol. The SMILES string of the molecule is CC(C)CN1CCC(C(=O)N2CCN(c3ccccc3)CC2)CC1. The molecule has 2 heterocycles. The lowest BCUT2D eigenvalue weighted by molar-refractivity contribution is -0.137. The molecule has 1 aromatic rings. The number of amides is 1. The molecular weight excluding hydrogens is 298 g/mol. The Bertz CT molecular complexity index is 515. The number of piperazine rings is 1. The summed E-state index contributed by atoms with van der Waals surface area (Å²) in [5.41, 5.74) is 1.27. The molecule has 0 spiro atoms. The van der Waals surface area contributed by atoms with Gasteiger partial charge < -0.3 is 14.7 Å². The van der Waals surface area contributed by atoms with Crippen LogP contribution >= 0.6 is 0 Å². The number of carbonyl (C=O) groups excluding carboxylic acids is 1. The number of para-hydroxylation sites is 1. The normalized spacial score (nSPS) is 20.6. The molecule has 2 saturated heterocycles. The minimum absolute atomic E-state index is 0.247. The van der Waals surface area contributed by atoms with Crippen LogP contribution < -0.4 is 4.90 Å². The molecule has 132 valence electrons. The predicted octanol–water partition coefficient (Wildman–Crippen LogP) is 2.70.